The highest BCUT2D eigenvalue weighted by molar-refractivity contribution is 4.81. The summed E-state index contributed by atoms with van der Waals surface area (Å²) in [7, 11) is 0. The monoisotopic (exact) mass is 258 g/mol. The predicted octanol–water partition coefficient (Wildman–Crippen LogP) is 2.64. The van der Waals surface area contributed by atoms with Crippen LogP contribution in [0.3, 0.4) is 0 Å². The van der Waals surface area contributed by atoms with E-state index in [-0.39, 0.29) is 6.10 Å². The van der Waals surface area contributed by atoms with Crippen molar-refractivity contribution in [3.63, 3.8) is 0 Å². The van der Waals surface area contributed by atoms with Gasteiger partial charge in [0.25, 0.3) is 0 Å². The first-order valence-electron chi connectivity index (χ1n) is 7.90. The molecule has 2 aliphatic rings. The second-order valence-electron chi connectivity index (χ2n) is 4.96. The van der Waals surface area contributed by atoms with Gasteiger partial charge in [0.15, 0.2) is 0 Å². The molecule has 3 heteroatoms. The van der Waals surface area contributed by atoms with E-state index in [0.29, 0.717) is 0 Å². The molecule has 0 aromatic carbocycles. The smallest absolute Gasteiger partial charge is 0.0564 e. The van der Waals surface area contributed by atoms with Gasteiger partial charge in [0.1, 0.15) is 0 Å². The number of aliphatic hydroxyl groups excluding tert-OH is 1. The average Bonchev–Trinajstić information content (AvgIpc) is 2.44. The minimum Gasteiger partial charge on any atom is -0.393 e. The first-order chi connectivity index (χ1) is 8.77. The molecule has 2 fully saturated rings. The minimum absolute atomic E-state index is 0.0297. The van der Waals surface area contributed by atoms with Gasteiger partial charge < -0.3 is 15.3 Å². The fourth-order valence-electron chi connectivity index (χ4n) is 2.42. The van der Waals surface area contributed by atoms with Crippen LogP contribution in [0, 0.1) is 0 Å². The molecular weight excluding hydrogens is 224 g/mol. The third-order valence-electron chi connectivity index (χ3n) is 3.32. The molecule has 3 nitrogen and oxygen atoms in total. The van der Waals surface area contributed by atoms with Crippen LogP contribution in [0.15, 0.2) is 0 Å². The molecule has 2 saturated heterocycles. The largest absolute Gasteiger partial charge is 0.393 e. The number of nitrogens with zero attached hydrogens (tertiary/aromatic N) is 1. The Kier molecular flexibility index (Phi) is 11.9. The van der Waals surface area contributed by atoms with Gasteiger partial charge in [-0.3, -0.25) is 0 Å². The Morgan fingerprint density at radius 1 is 1.00 bits per heavy atom. The molecule has 0 spiro atoms. The van der Waals surface area contributed by atoms with Crippen LogP contribution in [0.2, 0.25) is 0 Å². The van der Waals surface area contributed by atoms with Crippen LogP contribution in [0.4, 0.5) is 0 Å². The molecule has 0 aliphatic carbocycles. The van der Waals surface area contributed by atoms with Gasteiger partial charge in [-0.05, 0) is 38.8 Å². The first-order valence-corrected chi connectivity index (χ1v) is 7.90. The van der Waals surface area contributed by atoms with Crippen molar-refractivity contribution in [3.8, 4) is 0 Å². The van der Waals surface area contributed by atoms with Crippen molar-refractivity contribution in [3.05, 3.63) is 0 Å². The number of likely N-dealkylation sites (tertiary alicyclic amines) is 1. The molecule has 0 saturated carbocycles. The molecule has 0 bridgehead atoms. The zero-order valence-electron chi connectivity index (χ0n) is 12.9. The number of hydrogen-bond acceptors (Lipinski definition) is 3. The summed E-state index contributed by atoms with van der Waals surface area (Å²) in [5.74, 6) is 0. The van der Waals surface area contributed by atoms with E-state index in [9.17, 15) is 5.11 Å². The van der Waals surface area contributed by atoms with Crippen molar-refractivity contribution < 1.29 is 5.11 Å². The Bertz CT molecular complexity index is 162. The first kappa shape index (κ1) is 17.9. The van der Waals surface area contributed by atoms with E-state index in [2.05, 4.69) is 24.1 Å². The van der Waals surface area contributed by atoms with E-state index in [1.165, 1.54) is 32.4 Å². The van der Waals surface area contributed by atoms with Crippen LogP contribution < -0.4 is 5.32 Å². The molecule has 0 radical (unpaired) electrons. The molecule has 2 N–H and O–H groups in total. The Morgan fingerprint density at radius 3 is 1.89 bits per heavy atom. The van der Waals surface area contributed by atoms with Gasteiger partial charge in [-0.1, -0.05) is 34.1 Å². The molecule has 0 atom stereocenters. The lowest BCUT2D eigenvalue weighted by molar-refractivity contribution is 0.0525. The fraction of sp³-hybridized carbons (Fsp3) is 1.00. The van der Waals surface area contributed by atoms with Gasteiger partial charge in [0.2, 0.25) is 0 Å². The molecule has 2 heterocycles. The van der Waals surface area contributed by atoms with Gasteiger partial charge in [-0.25, -0.2) is 0 Å². The lowest BCUT2D eigenvalue weighted by Crippen LogP contribution is -2.47. The van der Waals surface area contributed by atoms with Gasteiger partial charge >= 0.3 is 0 Å². The molecule has 2 rings (SSSR count). The van der Waals surface area contributed by atoms with Crippen LogP contribution in [0.5, 0.6) is 0 Å². The predicted molar refractivity (Wildman–Crippen MR) is 80.0 cm³/mol. The lowest BCUT2D eigenvalue weighted by atomic mass is 10.00. The van der Waals surface area contributed by atoms with Gasteiger partial charge in [0, 0.05) is 19.1 Å². The van der Waals surface area contributed by atoms with Crippen molar-refractivity contribution in [2.24, 2.45) is 0 Å². The standard InChI is InChI=1S/C10H20N2O.C3H8.C2H6/c13-10-3-7-12(8-4-10)9-1-5-11-6-2-9;1-3-2;1-2/h9-11,13H,1-8H2;3H2,1-2H3;1-2H3. The zero-order valence-corrected chi connectivity index (χ0v) is 12.9. The molecule has 0 aromatic heterocycles. The summed E-state index contributed by atoms with van der Waals surface area (Å²) in [6.07, 6.45) is 5.75. The SMILES string of the molecule is CC.CCC.OC1CCN(C2CCNCC2)CC1. The maximum atomic E-state index is 9.39. The van der Waals surface area contributed by atoms with Gasteiger partial charge in [-0.15, -0.1) is 0 Å². The Labute approximate surface area is 114 Å². The molecule has 0 unspecified atom stereocenters. The Morgan fingerprint density at radius 2 is 1.44 bits per heavy atom. The van der Waals surface area contributed by atoms with E-state index in [4.69, 9.17) is 0 Å². The Balaban J connectivity index is 0.000000509. The second-order valence-corrected chi connectivity index (χ2v) is 4.96. The highest BCUT2D eigenvalue weighted by Crippen LogP contribution is 2.18. The lowest BCUT2D eigenvalue weighted by Gasteiger charge is -2.38. The third-order valence-corrected chi connectivity index (χ3v) is 3.32. The molecule has 18 heavy (non-hydrogen) atoms. The summed E-state index contributed by atoms with van der Waals surface area (Å²) in [6, 6.07) is 0.786. The van der Waals surface area contributed by atoms with Crippen molar-refractivity contribution in [1.29, 1.82) is 0 Å². The topological polar surface area (TPSA) is 35.5 Å². The molecule has 2 aliphatic heterocycles. The van der Waals surface area contributed by atoms with Gasteiger partial charge in [-0.2, -0.15) is 0 Å². The molecule has 0 aromatic rings. The number of hydrogen-bond donors (Lipinski definition) is 2. The summed E-state index contributed by atoms with van der Waals surface area (Å²) in [6.45, 7) is 12.8. The number of aliphatic hydroxyl groups is 1. The van der Waals surface area contributed by atoms with E-state index in [1.54, 1.807) is 0 Å². The minimum atomic E-state index is -0.0297. The normalized spacial score (nSPS) is 22.5. The quantitative estimate of drug-likeness (QED) is 0.759. The van der Waals surface area contributed by atoms with Crippen LogP contribution in [-0.2, 0) is 0 Å². The number of nitrogens with one attached hydrogen (secondary N) is 1. The van der Waals surface area contributed by atoms with Crippen LogP contribution in [0.25, 0.3) is 0 Å². The van der Waals surface area contributed by atoms with Crippen LogP contribution in [-0.4, -0.2) is 48.3 Å². The van der Waals surface area contributed by atoms with E-state index in [1.807, 2.05) is 13.8 Å². The van der Waals surface area contributed by atoms with E-state index < -0.39 is 0 Å². The van der Waals surface area contributed by atoms with Crippen LogP contribution in [0.1, 0.15) is 59.8 Å². The molecule has 0 amide bonds. The summed E-state index contributed by atoms with van der Waals surface area (Å²) >= 11 is 0. The maximum Gasteiger partial charge on any atom is 0.0564 e. The zero-order chi connectivity index (χ0) is 13.8. The van der Waals surface area contributed by atoms with Crippen molar-refractivity contribution in [2.45, 2.75) is 71.9 Å². The summed E-state index contributed by atoms with van der Waals surface area (Å²) in [4.78, 5) is 2.56. The van der Waals surface area contributed by atoms with Crippen LogP contribution >= 0.6 is 0 Å². The van der Waals surface area contributed by atoms with Crippen molar-refractivity contribution in [1.82, 2.24) is 10.2 Å². The summed E-state index contributed by atoms with van der Waals surface area (Å²) < 4.78 is 0. The number of piperidine rings is 2. The fourth-order valence-corrected chi connectivity index (χ4v) is 2.42. The van der Waals surface area contributed by atoms with E-state index >= 15 is 0 Å². The van der Waals surface area contributed by atoms with Gasteiger partial charge in [0.05, 0.1) is 6.10 Å². The van der Waals surface area contributed by atoms with E-state index in [0.717, 1.165) is 32.0 Å². The Hall–Kier alpha value is -0.120. The maximum absolute atomic E-state index is 9.39. The summed E-state index contributed by atoms with van der Waals surface area (Å²) in [5.41, 5.74) is 0. The molecule has 110 valence electrons. The molecular formula is C15H34N2O. The van der Waals surface area contributed by atoms with Crippen molar-refractivity contribution >= 4 is 0 Å². The average molecular weight is 258 g/mol. The second kappa shape index (κ2) is 11.9. The summed E-state index contributed by atoms with van der Waals surface area (Å²) in [5, 5.41) is 12.8. The van der Waals surface area contributed by atoms with Crippen molar-refractivity contribution in [2.75, 3.05) is 26.2 Å². The number of rotatable bonds is 1. The highest BCUT2D eigenvalue weighted by Gasteiger charge is 2.24. The highest BCUT2D eigenvalue weighted by atomic mass is 16.3. The third kappa shape index (κ3) is 7.34.